The fourth-order valence-corrected chi connectivity index (χ4v) is 3.27. The van der Waals surface area contributed by atoms with Gasteiger partial charge in [0.15, 0.2) is 6.10 Å². The largest absolute Gasteiger partial charge is 0.449 e. The monoisotopic (exact) mass is 415 g/mol. The zero-order valence-corrected chi connectivity index (χ0v) is 15.1. The minimum Gasteiger partial charge on any atom is -0.449 e. The van der Waals surface area contributed by atoms with E-state index < -0.39 is 12.1 Å². The second-order valence-corrected chi connectivity index (χ2v) is 7.18. The fraction of sp³-hybridized carbons (Fsp3) is 0.529. The van der Waals surface area contributed by atoms with Gasteiger partial charge < -0.3 is 10.1 Å². The molecule has 1 aromatic carbocycles. The number of ether oxygens (including phenoxy) is 1. The number of hydrogen-bond acceptors (Lipinski definition) is 3. The highest BCUT2D eigenvalue weighted by molar-refractivity contribution is 14.1. The number of halogens is 1. The maximum Gasteiger partial charge on any atom is 0.338 e. The van der Waals surface area contributed by atoms with Crippen LogP contribution in [0.4, 0.5) is 0 Å². The van der Waals surface area contributed by atoms with E-state index in [1.54, 1.807) is 25.1 Å². The van der Waals surface area contributed by atoms with Crippen LogP contribution in [0, 0.1) is 9.49 Å². The van der Waals surface area contributed by atoms with Gasteiger partial charge in [0.2, 0.25) is 0 Å². The predicted octanol–water partition coefficient (Wildman–Crippen LogP) is 3.53. The summed E-state index contributed by atoms with van der Waals surface area (Å²) in [6, 6.07) is 7.33. The predicted molar refractivity (Wildman–Crippen MR) is 93.6 cm³/mol. The highest BCUT2D eigenvalue weighted by atomic mass is 127. The first-order valence-corrected chi connectivity index (χ1v) is 8.82. The molecule has 22 heavy (non-hydrogen) atoms. The molecule has 1 saturated carbocycles. The van der Waals surface area contributed by atoms with Gasteiger partial charge in [0.1, 0.15) is 0 Å². The van der Waals surface area contributed by atoms with E-state index >= 15 is 0 Å². The van der Waals surface area contributed by atoms with Crippen LogP contribution < -0.4 is 5.32 Å². The van der Waals surface area contributed by atoms with Gasteiger partial charge >= 0.3 is 5.97 Å². The van der Waals surface area contributed by atoms with Crippen LogP contribution in [0.3, 0.4) is 0 Å². The normalized spacial score (nSPS) is 22.7. The van der Waals surface area contributed by atoms with Crippen molar-refractivity contribution in [1.29, 1.82) is 0 Å². The molecular weight excluding hydrogens is 393 g/mol. The molecule has 1 aliphatic rings. The fourth-order valence-electron chi connectivity index (χ4n) is 2.73. The zero-order valence-electron chi connectivity index (χ0n) is 13.0. The number of benzene rings is 1. The number of carbonyl (C=O) groups excluding carboxylic acids is 2. The summed E-state index contributed by atoms with van der Waals surface area (Å²) >= 11 is 2.14. The van der Waals surface area contributed by atoms with E-state index in [0.29, 0.717) is 11.5 Å². The first-order valence-electron chi connectivity index (χ1n) is 7.74. The van der Waals surface area contributed by atoms with Crippen LogP contribution in [-0.4, -0.2) is 24.0 Å². The first kappa shape index (κ1) is 17.2. The maximum atomic E-state index is 12.2. The van der Waals surface area contributed by atoms with Gasteiger partial charge in [0.05, 0.1) is 5.56 Å². The van der Waals surface area contributed by atoms with Crippen LogP contribution in [0.2, 0.25) is 0 Å². The minimum absolute atomic E-state index is 0.195. The van der Waals surface area contributed by atoms with E-state index in [-0.39, 0.29) is 11.9 Å². The lowest BCUT2D eigenvalue weighted by molar-refractivity contribution is -0.130. The third-order valence-corrected chi connectivity index (χ3v) is 4.82. The summed E-state index contributed by atoms with van der Waals surface area (Å²) < 4.78 is 6.23. The number of amides is 1. The Morgan fingerprint density at radius 2 is 2.05 bits per heavy atom. The maximum absolute atomic E-state index is 12.2. The van der Waals surface area contributed by atoms with Gasteiger partial charge in [-0.05, 0) is 66.5 Å². The van der Waals surface area contributed by atoms with E-state index in [1.165, 1.54) is 6.42 Å². The number of esters is 1. The lowest BCUT2D eigenvalue weighted by atomic mass is 9.86. The summed E-state index contributed by atoms with van der Waals surface area (Å²) in [6.07, 6.45) is 3.74. The molecule has 0 unspecified atom stereocenters. The Balaban J connectivity index is 1.89. The van der Waals surface area contributed by atoms with Gasteiger partial charge in [-0.15, -0.1) is 0 Å². The Morgan fingerprint density at radius 3 is 2.73 bits per heavy atom. The Kier molecular flexibility index (Phi) is 6.23. The Labute approximate surface area is 145 Å². The van der Waals surface area contributed by atoms with E-state index in [9.17, 15) is 9.59 Å². The highest BCUT2D eigenvalue weighted by Crippen LogP contribution is 2.23. The first-order chi connectivity index (χ1) is 10.5. The summed E-state index contributed by atoms with van der Waals surface area (Å²) in [5.74, 6) is -0.188. The molecule has 1 fully saturated rings. The van der Waals surface area contributed by atoms with Crippen molar-refractivity contribution < 1.29 is 14.3 Å². The Hall–Kier alpha value is -1.11. The van der Waals surface area contributed by atoms with Crippen molar-refractivity contribution in [2.75, 3.05) is 0 Å². The lowest BCUT2D eigenvalue weighted by Gasteiger charge is -2.30. The topological polar surface area (TPSA) is 55.4 Å². The molecular formula is C17H22INO3. The molecule has 0 bridgehead atoms. The van der Waals surface area contributed by atoms with Crippen LogP contribution in [0.1, 0.15) is 49.9 Å². The molecule has 0 aromatic heterocycles. The number of hydrogen-bond donors (Lipinski definition) is 1. The molecule has 3 atom stereocenters. The van der Waals surface area contributed by atoms with Crippen molar-refractivity contribution >= 4 is 34.5 Å². The minimum atomic E-state index is -0.778. The summed E-state index contributed by atoms with van der Waals surface area (Å²) in [5.41, 5.74) is 0.470. The molecule has 0 heterocycles. The van der Waals surface area contributed by atoms with Crippen LogP contribution in [0.5, 0.6) is 0 Å². The summed E-state index contributed by atoms with van der Waals surface area (Å²) in [6.45, 7) is 3.78. The van der Waals surface area contributed by atoms with Crippen molar-refractivity contribution in [2.45, 2.75) is 51.7 Å². The van der Waals surface area contributed by atoms with E-state index in [0.717, 1.165) is 22.8 Å². The van der Waals surface area contributed by atoms with Crippen molar-refractivity contribution in [3.05, 3.63) is 33.4 Å². The third kappa shape index (κ3) is 4.69. The third-order valence-electron chi connectivity index (χ3n) is 4.15. The highest BCUT2D eigenvalue weighted by Gasteiger charge is 2.26. The van der Waals surface area contributed by atoms with Crippen molar-refractivity contribution in [2.24, 2.45) is 5.92 Å². The van der Waals surface area contributed by atoms with Gasteiger partial charge in [-0.1, -0.05) is 25.8 Å². The Morgan fingerprint density at radius 1 is 1.32 bits per heavy atom. The molecule has 0 saturated heterocycles. The SMILES string of the molecule is C[C@@H](OC(=O)c1cccc(I)c1)C(=O)N[C@H]1CCCC[C@@H]1C. The second kappa shape index (κ2) is 7.94. The molecule has 0 radical (unpaired) electrons. The average Bonchev–Trinajstić information content (AvgIpc) is 2.49. The zero-order chi connectivity index (χ0) is 16.1. The summed E-state index contributed by atoms with van der Waals surface area (Å²) in [7, 11) is 0. The van der Waals surface area contributed by atoms with Gasteiger partial charge in [-0.25, -0.2) is 4.79 Å². The summed E-state index contributed by atoms with van der Waals surface area (Å²) in [4.78, 5) is 24.3. The van der Waals surface area contributed by atoms with Crippen LogP contribution >= 0.6 is 22.6 Å². The van der Waals surface area contributed by atoms with Crippen LogP contribution in [0.15, 0.2) is 24.3 Å². The Bertz CT molecular complexity index is 546. The molecule has 0 aliphatic heterocycles. The molecule has 0 spiro atoms. The lowest BCUT2D eigenvalue weighted by Crippen LogP contribution is -2.45. The molecule has 1 N–H and O–H groups in total. The molecule has 5 heteroatoms. The van der Waals surface area contributed by atoms with Crippen molar-refractivity contribution in [3.8, 4) is 0 Å². The van der Waals surface area contributed by atoms with Gasteiger partial charge in [0, 0.05) is 9.61 Å². The molecule has 2 rings (SSSR count). The molecule has 4 nitrogen and oxygen atoms in total. The molecule has 120 valence electrons. The van der Waals surface area contributed by atoms with Gasteiger partial charge in [-0.3, -0.25) is 4.79 Å². The number of carbonyl (C=O) groups is 2. The number of rotatable bonds is 4. The van der Waals surface area contributed by atoms with Crippen molar-refractivity contribution in [1.82, 2.24) is 5.32 Å². The second-order valence-electron chi connectivity index (χ2n) is 5.93. The van der Waals surface area contributed by atoms with Crippen molar-refractivity contribution in [3.63, 3.8) is 0 Å². The van der Waals surface area contributed by atoms with E-state index in [4.69, 9.17) is 4.74 Å². The molecule has 1 aliphatic carbocycles. The van der Waals surface area contributed by atoms with Gasteiger partial charge in [0.25, 0.3) is 5.91 Å². The van der Waals surface area contributed by atoms with Crippen LogP contribution in [-0.2, 0) is 9.53 Å². The smallest absolute Gasteiger partial charge is 0.338 e. The molecule has 1 amide bonds. The summed E-state index contributed by atoms with van der Waals surface area (Å²) in [5, 5.41) is 3.02. The standard InChI is InChI=1S/C17H22INO3/c1-11-6-3-4-9-15(11)19-16(20)12(2)22-17(21)13-7-5-8-14(18)10-13/h5,7-8,10-12,15H,3-4,6,9H2,1-2H3,(H,19,20)/t11-,12+,15-/m0/s1. The van der Waals surface area contributed by atoms with Gasteiger partial charge in [-0.2, -0.15) is 0 Å². The van der Waals surface area contributed by atoms with E-state index in [2.05, 4.69) is 34.8 Å². The molecule has 1 aromatic rings. The van der Waals surface area contributed by atoms with Crippen LogP contribution in [0.25, 0.3) is 0 Å². The van der Waals surface area contributed by atoms with E-state index in [1.807, 2.05) is 6.07 Å². The quantitative estimate of drug-likeness (QED) is 0.605. The number of nitrogens with one attached hydrogen (secondary N) is 1. The average molecular weight is 415 g/mol.